The summed E-state index contributed by atoms with van der Waals surface area (Å²) in [4.78, 5) is 2.21. The summed E-state index contributed by atoms with van der Waals surface area (Å²) in [7, 11) is 2.09. The summed E-state index contributed by atoms with van der Waals surface area (Å²) in [5.41, 5.74) is 0.192. The molecule has 0 saturated carbocycles. The van der Waals surface area contributed by atoms with E-state index in [1.165, 1.54) is 0 Å². The molecule has 0 N–H and O–H groups in total. The van der Waals surface area contributed by atoms with Gasteiger partial charge in [-0.05, 0) is 12.5 Å². The van der Waals surface area contributed by atoms with Crippen molar-refractivity contribution in [2.45, 2.75) is 32.7 Å². The second-order valence-electron chi connectivity index (χ2n) is 5.37. The first-order chi connectivity index (χ1) is 5.91. The van der Waals surface area contributed by atoms with E-state index >= 15 is 0 Å². The average Bonchev–Trinajstić information content (AvgIpc) is 2.29. The summed E-state index contributed by atoms with van der Waals surface area (Å²) in [6, 6.07) is 0. The summed E-state index contributed by atoms with van der Waals surface area (Å²) < 4.78 is 11.7. The Kier molecular flexibility index (Phi) is 1.95. The molecule has 0 amide bonds. The Morgan fingerprint density at radius 2 is 1.92 bits per heavy atom. The van der Waals surface area contributed by atoms with E-state index < -0.39 is 0 Å². The largest absolute Gasteiger partial charge is 0.345 e. The summed E-state index contributed by atoms with van der Waals surface area (Å²) in [5.74, 6) is -0.257. The molecule has 2 fully saturated rings. The third-order valence-corrected chi connectivity index (χ3v) is 2.84. The summed E-state index contributed by atoms with van der Waals surface area (Å²) >= 11 is 0. The van der Waals surface area contributed by atoms with Gasteiger partial charge in [0.15, 0.2) is 5.79 Å². The van der Waals surface area contributed by atoms with Crippen molar-refractivity contribution in [2.75, 3.05) is 26.7 Å². The number of likely N-dealkylation sites (tertiary alicyclic amines) is 1. The van der Waals surface area contributed by atoms with E-state index in [-0.39, 0.29) is 17.3 Å². The molecule has 0 aromatic rings. The molecule has 0 aromatic carbocycles. The minimum atomic E-state index is -0.257. The maximum Gasteiger partial charge on any atom is 0.194 e. The van der Waals surface area contributed by atoms with E-state index in [2.05, 4.69) is 32.7 Å². The second kappa shape index (κ2) is 2.69. The van der Waals surface area contributed by atoms with Crippen LogP contribution in [0.1, 0.15) is 20.8 Å². The number of likely N-dealkylation sites (N-methyl/N-ethyl adjacent to an activating group) is 1. The van der Waals surface area contributed by atoms with Gasteiger partial charge in [0.1, 0.15) is 0 Å². The van der Waals surface area contributed by atoms with Crippen molar-refractivity contribution in [1.29, 1.82) is 0 Å². The molecule has 76 valence electrons. The molecule has 3 heteroatoms. The zero-order valence-electron chi connectivity index (χ0n) is 8.96. The predicted molar refractivity (Wildman–Crippen MR) is 50.5 cm³/mol. The molecule has 0 bridgehead atoms. The lowest BCUT2D eigenvalue weighted by molar-refractivity contribution is -0.246. The van der Waals surface area contributed by atoms with Crippen LogP contribution in [0.5, 0.6) is 0 Å². The van der Waals surface area contributed by atoms with Gasteiger partial charge in [0, 0.05) is 0 Å². The Hall–Kier alpha value is -0.120. The molecule has 0 aromatic heterocycles. The number of hydrogen-bond donors (Lipinski definition) is 0. The fourth-order valence-corrected chi connectivity index (χ4v) is 1.92. The third-order valence-electron chi connectivity index (χ3n) is 2.84. The Labute approximate surface area is 80.0 Å². The fourth-order valence-electron chi connectivity index (χ4n) is 1.92. The first kappa shape index (κ1) is 9.44. The molecule has 1 atom stereocenters. The number of rotatable bonds is 0. The van der Waals surface area contributed by atoms with Crippen LogP contribution in [-0.4, -0.2) is 43.5 Å². The Morgan fingerprint density at radius 3 is 2.31 bits per heavy atom. The van der Waals surface area contributed by atoms with Crippen LogP contribution in [0.25, 0.3) is 0 Å². The highest BCUT2D eigenvalue weighted by atomic mass is 16.8. The van der Waals surface area contributed by atoms with Crippen LogP contribution in [0.4, 0.5) is 0 Å². The Morgan fingerprint density at radius 1 is 1.31 bits per heavy atom. The molecule has 2 heterocycles. The molecule has 2 rings (SSSR count). The van der Waals surface area contributed by atoms with Gasteiger partial charge in [-0.25, -0.2) is 0 Å². The van der Waals surface area contributed by atoms with Crippen LogP contribution in [0.3, 0.4) is 0 Å². The van der Waals surface area contributed by atoms with Crippen LogP contribution in [0, 0.1) is 5.41 Å². The van der Waals surface area contributed by atoms with E-state index in [0.717, 1.165) is 19.7 Å². The standard InChI is InChI=1S/C10H19NO2/c1-9(2,3)8-5-12-10(13-8)6-11(4)7-10/h8H,5-7H2,1-4H3. The lowest BCUT2D eigenvalue weighted by Gasteiger charge is -2.44. The van der Waals surface area contributed by atoms with Crippen molar-refractivity contribution >= 4 is 0 Å². The van der Waals surface area contributed by atoms with Crippen LogP contribution in [-0.2, 0) is 9.47 Å². The first-order valence-electron chi connectivity index (χ1n) is 4.92. The van der Waals surface area contributed by atoms with Crippen molar-refractivity contribution in [3.63, 3.8) is 0 Å². The van der Waals surface area contributed by atoms with Gasteiger partial charge in [-0.2, -0.15) is 0 Å². The molecular formula is C10H19NO2. The van der Waals surface area contributed by atoms with Gasteiger partial charge in [0.05, 0.1) is 25.8 Å². The lowest BCUT2D eigenvalue weighted by Crippen LogP contribution is -2.61. The van der Waals surface area contributed by atoms with Crippen molar-refractivity contribution in [2.24, 2.45) is 5.41 Å². The van der Waals surface area contributed by atoms with Crippen molar-refractivity contribution in [3.05, 3.63) is 0 Å². The van der Waals surface area contributed by atoms with Crippen LogP contribution < -0.4 is 0 Å². The van der Waals surface area contributed by atoms with Gasteiger partial charge in [0.2, 0.25) is 0 Å². The van der Waals surface area contributed by atoms with E-state index in [9.17, 15) is 0 Å². The Balaban J connectivity index is 1.95. The van der Waals surface area contributed by atoms with Gasteiger partial charge in [-0.15, -0.1) is 0 Å². The molecule has 1 spiro atoms. The smallest absolute Gasteiger partial charge is 0.194 e. The van der Waals surface area contributed by atoms with Crippen molar-refractivity contribution < 1.29 is 9.47 Å². The maximum atomic E-state index is 5.96. The van der Waals surface area contributed by atoms with E-state index in [1.807, 2.05) is 0 Å². The topological polar surface area (TPSA) is 21.7 Å². The monoisotopic (exact) mass is 185 g/mol. The highest BCUT2D eigenvalue weighted by molar-refractivity contribution is 4.94. The number of ether oxygens (including phenoxy) is 2. The van der Waals surface area contributed by atoms with Gasteiger partial charge < -0.3 is 9.47 Å². The third kappa shape index (κ3) is 1.60. The second-order valence-corrected chi connectivity index (χ2v) is 5.37. The molecule has 2 aliphatic rings. The van der Waals surface area contributed by atoms with Gasteiger partial charge in [0.25, 0.3) is 0 Å². The minimum absolute atomic E-state index is 0.192. The van der Waals surface area contributed by atoms with Crippen LogP contribution >= 0.6 is 0 Å². The molecule has 2 saturated heterocycles. The number of hydrogen-bond acceptors (Lipinski definition) is 3. The zero-order valence-corrected chi connectivity index (χ0v) is 8.96. The molecule has 2 aliphatic heterocycles. The van der Waals surface area contributed by atoms with Crippen molar-refractivity contribution in [3.8, 4) is 0 Å². The minimum Gasteiger partial charge on any atom is -0.345 e. The van der Waals surface area contributed by atoms with Gasteiger partial charge in [-0.3, -0.25) is 4.90 Å². The highest BCUT2D eigenvalue weighted by Gasteiger charge is 2.51. The molecular weight excluding hydrogens is 166 g/mol. The Bertz CT molecular complexity index is 203. The summed E-state index contributed by atoms with van der Waals surface area (Å²) in [6.45, 7) is 9.17. The molecule has 13 heavy (non-hydrogen) atoms. The lowest BCUT2D eigenvalue weighted by atomic mass is 9.90. The van der Waals surface area contributed by atoms with Crippen LogP contribution in [0.15, 0.2) is 0 Å². The molecule has 0 radical (unpaired) electrons. The van der Waals surface area contributed by atoms with E-state index in [0.29, 0.717) is 0 Å². The normalized spacial score (nSPS) is 33.7. The van der Waals surface area contributed by atoms with E-state index in [4.69, 9.17) is 9.47 Å². The quantitative estimate of drug-likeness (QED) is 0.564. The predicted octanol–water partition coefficient (Wildman–Crippen LogP) is 1.09. The zero-order chi connectivity index (χ0) is 9.69. The first-order valence-corrected chi connectivity index (χ1v) is 4.92. The molecule has 1 unspecified atom stereocenters. The average molecular weight is 185 g/mol. The highest BCUT2D eigenvalue weighted by Crippen LogP contribution is 2.38. The molecule has 3 nitrogen and oxygen atoms in total. The van der Waals surface area contributed by atoms with E-state index in [1.54, 1.807) is 0 Å². The molecule has 0 aliphatic carbocycles. The summed E-state index contributed by atoms with van der Waals surface area (Å²) in [6.07, 6.45) is 0.251. The number of nitrogens with zero attached hydrogens (tertiary/aromatic N) is 1. The maximum absolute atomic E-state index is 5.96. The van der Waals surface area contributed by atoms with Crippen molar-refractivity contribution in [1.82, 2.24) is 4.90 Å². The van der Waals surface area contributed by atoms with Crippen LogP contribution in [0.2, 0.25) is 0 Å². The summed E-state index contributed by atoms with van der Waals surface area (Å²) in [5, 5.41) is 0. The SMILES string of the molecule is CN1CC2(C1)OCC(C(C)(C)C)O2. The fraction of sp³-hybridized carbons (Fsp3) is 1.00. The van der Waals surface area contributed by atoms with Gasteiger partial charge >= 0.3 is 0 Å². The van der Waals surface area contributed by atoms with Gasteiger partial charge in [-0.1, -0.05) is 20.8 Å².